The van der Waals surface area contributed by atoms with Crippen LogP contribution in [0.25, 0.3) is 0 Å². The standard InChI is InChI=1S/C29H39N5O5/c1-18-15-34(19(2)17-35)28(36)24-13-23(12-11-22-9-7-6-8-10-22)14-30-27(24)38-25(18)16-33(5)29(37)31-26-20(3)32-39-21(26)4/h13-14,18-19,22,25,35H,6-10,15-17H2,1-5H3,(H,31,37)/t18-,19+,25+/m1/s1. The molecule has 0 unspecified atom stereocenters. The quantitative estimate of drug-likeness (QED) is 0.553. The molecule has 39 heavy (non-hydrogen) atoms. The molecule has 3 heterocycles. The van der Waals surface area contributed by atoms with Crippen molar-refractivity contribution in [2.75, 3.05) is 32.1 Å². The van der Waals surface area contributed by atoms with Crippen molar-refractivity contribution in [2.45, 2.75) is 71.9 Å². The minimum Gasteiger partial charge on any atom is -0.472 e. The fourth-order valence-electron chi connectivity index (χ4n) is 5.04. The zero-order valence-corrected chi connectivity index (χ0v) is 23.5. The third-order valence-electron chi connectivity index (χ3n) is 7.61. The van der Waals surface area contributed by atoms with Gasteiger partial charge < -0.3 is 29.5 Å². The molecule has 0 bridgehead atoms. The molecule has 3 atom stereocenters. The predicted octanol–water partition coefficient (Wildman–Crippen LogP) is 4.00. The Morgan fingerprint density at radius 2 is 2.05 bits per heavy atom. The van der Waals surface area contributed by atoms with E-state index in [4.69, 9.17) is 9.26 Å². The van der Waals surface area contributed by atoms with Gasteiger partial charge >= 0.3 is 6.03 Å². The van der Waals surface area contributed by atoms with Crippen molar-refractivity contribution >= 4 is 17.6 Å². The summed E-state index contributed by atoms with van der Waals surface area (Å²) in [5, 5.41) is 16.6. The molecule has 1 aliphatic heterocycles. The highest BCUT2D eigenvalue weighted by Crippen LogP contribution is 2.28. The summed E-state index contributed by atoms with van der Waals surface area (Å²) in [6.07, 6.45) is 7.05. The topological polar surface area (TPSA) is 121 Å². The second kappa shape index (κ2) is 12.5. The van der Waals surface area contributed by atoms with Gasteiger partial charge in [0.05, 0.1) is 19.2 Å². The highest BCUT2D eigenvalue weighted by molar-refractivity contribution is 5.97. The zero-order chi connectivity index (χ0) is 28.1. The van der Waals surface area contributed by atoms with Crippen LogP contribution in [0.4, 0.5) is 10.5 Å². The largest absolute Gasteiger partial charge is 0.472 e. The van der Waals surface area contributed by atoms with Crippen LogP contribution in [0.5, 0.6) is 5.88 Å². The molecular weight excluding hydrogens is 498 g/mol. The van der Waals surface area contributed by atoms with E-state index < -0.39 is 12.1 Å². The van der Waals surface area contributed by atoms with E-state index in [9.17, 15) is 14.7 Å². The van der Waals surface area contributed by atoms with Gasteiger partial charge in [-0.1, -0.05) is 43.2 Å². The van der Waals surface area contributed by atoms with E-state index in [1.54, 1.807) is 38.1 Å². The lowest BCUT2D eigenvalue weighted by molar-refractivity contribution is 0.0356. The SMILES string of the molecule is Cc1noc(C)c1NC(=O)N(C)C[C@@H]1Oc2ncc(C#CC3CCCCC3)cc2C(=O)N([C@@H](C)CO)C[C@H]1C. The van der Waals surface area contributed by atoms with Crippen molar-refractivity contribution in [3.8, 4) is 17.7 Å². The van der Waals surface area contributed by atoms with Crippen LogP contribution in [0.15, 0.2) is 16.8 Å². The Morgan fingerprint density at radius 3 is 2.72 bits per heavy atom. The molecular formula is C29H39N5O5. The van der Waals surface area contributed by atoms with E-state index in [1.165, 1.54) is 24.2 Å². The number of anilines is 1. The van der Waals surface area contributed by atoms with Crippen LogP contribution in [-0.2, 0) is 0 Å². The number of nitrogens with zero attached hydrogens (tertiary/aromatic N) is 4. The summed E-state index contributed by atoms with van der Waals surface area (Å²) < 4.78 is 11.5. The van der Waals surface area contributed by atoms with E-state index in [0.717, 1.165) is 12.8 Å². The summed E-state index contributed by atoms with van der Waals surface area (Å²) in [6.45, 7) is 7.69. The van der Waals surface area contributed by atoms with E-state index >= 15 is 0 Å². The molecule has 2 aromatic heterocycles. The number of urea groups is 1. The first-order valence-corrected chi connectivity index (χ1v) is 13.7. The van der Waals surface area contributed by atoms with Gasteiger partial charge in [0.2, 0.25) is 5.88 Å². The summed E-state index contributed by atoms with van der Waals surface area (Å²) in [5.74, 6) is 7.26. The van der Waals surface area contributed by atoms with E-state index in [-0.39, 0.29) is 36.9 Å². The first kappa shape index (κ1) is 28.4. The van der Waals surface area contributed by atoms with Crippen molar-refractivity contribution in [1.82, 2.24) is 19.9 Å². The highest BCUT2D eigenvalue weighted by Gasteiger charge is 2.35. The maximum absolute atomic E-state index is 13.6. The second-order valence-electron chi connectivity index (χ2n) is 10.8. The smallest absolute Gasteiger partial charge is 0.321 e. The number of aliphatic hydroxyl groups excluding tert-OH is 1. The summed E-state index contributed by atoms with van der Waals surface area (Å²) in [6, 6.07) is 1.00. The van der Waals surface area contributed by atoms with Crippen LogP contribution in [0.3, 0.4) is 0 Å². The number of ether oxygens (including phenoxy) is 1. The van der Waals surface area contributed by atoms with E-state index in [0.29, 0.717) is 40.7 Å². The molecule has 2 aliphatic rings. The maximum atomic E-state index is 13.6. The van der Waals surface area contributed by atoms with Crippen LogP contribution >= 0.6 is 0 Å². The van der Waals surface area contributed by atoms with Gasteiger partial charge in [0.25, 0.3) is 5.91 Å². The first-order valence-electron chi connectivity index (χ1n) is 13.7. The van der Waals surface area contributed by atoms with Gasteiger partial charge in [0, 0.05) is 37.2 Å². The van der Waals surface area contributed by atoms with Gasteiger partial charge in [-0.25, -0.2) is 9.78 Å². The number of nitrogens with one attached hydrogen (secondary N) is 1. The zero-order valence-electron chi connectivity index (χ0n) is 23.5. The molecule has 1 saturated carbocycles. The summed E-state index contributed by atoms with van der Waals surface area (Å²) >= 11 is 0. The first-order chi connectivity index (χ1) is 18.7. The Balaban J connectivity index is 1.58. The fourth-order valence-corrected chi connectivity index (χ4v) is 5.04. The number of rotatable bonds is 5. The molecule has 3 amide bonds. The molecule has 2 aromatic rings. The molecule has 10 nitrogen and oxygen atoms in total. The van der Waals surface area contributed by atoms with Gasteiger partial charge in [-0.05, 0) is 39.7 Å². The number of fused-ring (bicyclic) bond motifs is 1. The van der Waals surface area contributed by atoms with Gasteiger partial charge in [-0.2, -0.15) is 0 Å². The van der Waals surface area contributed by atoms with Crippen LogP contribution in [0, 0.1) is 37.5 Å². The minimum absolute atomic E-state index is 0.155. The lowest BCUT2D eigenvalue weighted by Crippen LogP contribution is -2.50. The van der Waals surface area contributed by atoms with Crippen molar-refractivity contribution in [3.05, 3.63) is 34.8 Å². The molecule has 0 aromatic carbocycles. The van der Waals surface area contributed by atoms with E-state index in [1.807, 2.05) is 13.8 Å². The highest BCUT2D eigenvalue weighted by atomic mass is 16.5. The van der Waals surface area contributed by atoms with Gasteiger partial charge in [-0.15, -0.1) is 0 Å². The Hall–Kier alpha value is -3.58. The third kappa shape index (κ3) is 6.71. The Morgan fingerprint density at radius 1 is 1.31 bits per heavy atom. The lowest BCUT2D eigenvalue weighted by atomic mass is 9.90. The predicted molar refractivity (Wildman–Crippen MR) is 146 cm³/mol. The van der Waals surface area contributed by atoms with Gasteiger partial charge in [0.15, 0.2) is 5.76 Å². The molecule has 0 saturated heterocycles. The maximum Gasteiger partial charge on any atom is 0.321 e. The number of hydrogen-bond acceptors (Lipinski definition) is 7. The number of hydrogen-bond donors (Lipinski definition) is 2. The second-order valence-corrected chi connectivity index (χ2v) is 10.8. The normalized spacial score (nSPS) is 20.6. The molecule has 1 fully saturated rings. The molecule has 2 N–H and O–H groups in total. The van der Waals surface area contributed by atoms with Crippen LogP contribution in [0.2, 0.25) is 0 Å². The molecule has 4 rings (SSSR count). The Bertz CT molecular complexity index is 1220. The fraction of sp³-hybridized carbons (Fsp3) is 0.586. The summed E-state index contributed by atoms with van der Waals surface area (Å²) in [4.78, 5) is 34.3. The van der Waals surface area contributed by atoms with Crippen molar-refractivity contribution in [3.63, 3.8) is 0 Å². The number of carbonyl (C=O) groups excluding carboxylic acids is 2. The number of likely N-dealkylation sites (N-methyl/N-ethyl adjacent to an activating group) is 1. The van der Waals surface area contributed by atoms with Crippen LogP contribution in [0.1, 0.15) is 73.3 Å². The number of aliphatic hydroxyl groups is 1. The number of pyridine rings is 1. The number of aryl methyl sites for hydroxylation is 2. The Labute approximate surface area is 230 Å². The lowest BCUT2D eigenvalue weighted by Gasteiger charge is -2.37. The van der Waals surface area contributed by atoms with Crippen molar-refractivity contribution < 1.29 is 24.0 Å². The van der Waals surface area contributed by atoms with Crippen molar-refractivity contribution in [1.29, 1.82) is 0 Å². The number of aromatic nitrogens is 2. The van der Waals surface area contributed by atoms with E-state index in [2.05, 4.69) is 27.3 Å². The summed E-state index contributed by atoms with van der Waals surface area (Å²) in [5.41, 5.74) is 2.11. The van der Waals surface area contributed by atoms with Crippen LogP contribution < -0.4 is 10.1 Å². The molecule has 210 valence electrons. The van der Waals surface area contributed by atoms with Crippen molar-refractivity contribution in [2.24, 2.45) is 11.8 Å². The number of carbonyl (C=O) groups is 2. The van der Waals surface area contributed by atoms with Gasteiger partial charge in [0.1, 0.15) is 23.0 Å². The van der Waals surface area contributed by atoms with Gasteiger partial charge in [-0.3, -0.25) is 4.79 Å². The monoisotopic (exact) mass is 537 g/mol. The average molecular weight is 538 g/mol. The third-order valence-corrected chi connectivity index (χ3v) is 7.61. The molecule has 0 spiro atoms. The minimum atomic E-state index is -0.461. The molecule has 1 aliphatic carbocycles. The summed E-state index contributed by atoms with van der Waals surface area (Å²) in [7, 11) is 1.68. The molecule has 0 radical (unpaired) electrons. The Kier molecular flexibility index (Phi) is 9.12. The van der Waals surface area contributed by atoms with Crippen LogP contribution in [-0.4, -0.2) is 75.9 Å². The number of amides is 3. The average Bonchev–Trinajstić information content (AvgIpc) is 3.25. The molecule has 10 heteroatoms.